The van der Waals surface area contributed by atoms with E-state index in [2.05, 4.69) is 6.58 Å². The summed E-state index contributed by atoms with van der Waals surface area (Å²) in [5, 5.41) is 0. The third kappa shape index (κ3) is 5.81. The zero-order valence-corrected chi connectivity index (χ0v) is 16.8. The fraction of sp³-hybridized carbons (Fsp3) is 0.364. The SMILES string of the molecule is C=CCN(CC(=O)N(Cc1cccn1C)CC(C)C)C(=O)c1cccc(F)c1. The van der Waals surface area contributed by atoms with Gasteiger partial charge >= 0.3 is 0 Å². The molecule has 0 N–H and O–H groups in total. The van der Waals surface area contributed by atoms with Crippen LogP contribution >= 0.6 is 0 Å². The number of halogens is 1. The molecule has 1 heterocycles. The zero-order valence-electron chi connectivity index (χ0n) is 16.8. The Bertz CT molecular complexity index is 829. The van der Waals surface area contributed by atoms with Crippen LogP contribution in [0.3, 0.4) is 0 Å². The molecule has 0 aliphatic carbocycles. The van der Waals surface area contributed by atoms with Gasteiger partial charge in [-0.15, -0.1) is 6.58 Å². The van der Waals surface area contributed by atoms with Crippen LogP contribution in [0.2, 0.25) is 0 Å². The van der Waals surface area contributed by atoms with Crippen LogP contribution in [0.5, 0.6) is 0 Å². The molecule has 5 nitrogen and oxygen atoms in total. The fourth-order valence-electron chi connectivity index (χ4n) is 2.99. The van der Waals surface area contributed by atoms with Crippen molar-refractivity contribution in [1.29, 1.82) is 0 Å². The van der Waals surface area contributed by atoms with Crippen LogP contribution in [0.15, 0.2) is 55.3 Å². The lowest BCUT2D eigenvalue weighted by Gasteiger charge is -2.28. The summed E-state index contributed by atoms with van der Waals surface area (Å²) in [6, 6.07) is 9.40. The van der Waals surface area contributed by atoms with Crippen molar-refractivity contribution in [2.45, 2.75) is 20.4 Å². The van der Waals surface area contributed by atoms with Gasteiger partial charge < -0.3 is 14.4 Å². The summed E-state index contributed by atoms with van der Waals surface area (Å²) >= 11 is 0. The Kier molecular flexibility index (Phi) is 7.55. The summed E-state index contributed by atoms with van der Waals surface area (Å²) < 4.78 is 15.5. The van der Waals surface area contributed by atoms with Gasteiger partial charge in [0.1, 0.15) is 12.4 Å². The van der Waals surface area contributed by atoms with E-state index in [1.165, 1.54) is 23.1 Å². The quantitative estimate of drug-likeness (QED) is 0.621. The van der Waals surface area contributed by atoms with Gasteiger partial charge in [-0.2, -0.15) is 0 Å². The first-order valence-corrected chi connectivity index (χ1v) is 9.35. The Labute approximate surface area is 166 Å². The standard InChI is InChI=1S/C22H28FN3O2/c1-5-11-25(22(28)18-8-6-9-19(23)13-18)16-21(27)26(14-17(2)3)15-20-10-7-12-24(20)4/h5-10,12-13,17H,1,11,14-16H2,2-4H3. The van der Waals surface area contributed by atoms with Crippen LogP contribution in [0.4, 0.5) is 4.39 Å². The average molecular weight is 385 g/mol. The minimum Gasteiger partial charge on any atom is -0.353 e. The van der Waals surface area contributed by atoms with Crippen LogP contribution in [0, 0.1) is 11.7 Å². The molecule has 0 saturated heterocycles. The molecule has 0 spiro atoms. The van der Waals surface area contributed by atoms with E-state index in [-0.39, 0.29) is 30.5 Å². The summed E-state index contributed by atoms with van der Waals surface area (Å²) in [4.78, 5) is 28.9. The molecule has 0 saturated carbocycles. The molecule has 2 rings (SSSR count). The largest absolute Gasteiger partial charge is 0.353 e. The number of amides is 2. The van der Waals surface area contributed by atoms with E-state index in [4.69, 9.17) is 0 Å². The normalized spacial score (nSPS) is 10.8. The smallest absolute Gasteiger partial charge is 0.254 e. The van der Waals surface area contributed by atoms with Gasteiger partial charge in [0.15, 0.2) is 0 Å². The Morgan fingerprint density at radius 3 is 2.54 bits per heavy atom. The molecule has 0 aliphatic heterocycles. The minimum absolute atomic E-state index is 0.0848. The van der Waals surface area contributed by atoms with E-state index in [0.29, 0.717) is 13.1 Å². The predicted octanol–water partition coefficient (Wildman–Crippen LogP) is 3.48. The number of aryl methyl sites for hydroxylation is 1. The minimum atomic E-state index is -0.485. The monoisotopic (exact) mass is 385 g/mol. The van der Waals surface area contributed by atoms with Crippen LogP contribution in [-0.4, -0.2) is 45.8 Å². The predicted molar refractivity (Wildman–Crippen MR) is 108 cm³/mol. The number of rotatable bonds is 9. The van der Waals surface area contributed by atoms with Crippen LogP contribution in [-0.2, 0) is 18.4 Å². The molecule has 150 valence electrons. The number of carbonyl (C=O) groups excluding carboxylic acids is 2. The topological polar surface area (TPSA) is 45.6 Å². The van der Waals surface area contributed by atoms with Gasteiger partial charge in [0.05, 0.1) is 6.54 Å². The number of aromatic nitrogens is 1. The van der Waals surface area contributed by atoms with Crippen molar-refractivity contribution in [2.75, 3.05) is 19.6 Å². The van der Waals surface area contributed by atoms with Crippen molar-refractivity contribution >= 4 is 11.8 Å². The molecule has 2 aromatic rings. The van der Waals surface area contributed by atoms with Crippen molar-refractivity contribution in [2.24, 2.45) is 13.0 Å². The highest BCUT2D eigenvalue weighted by Gasteiger charge is 2.23. The van der Waals surface area contributed by atoms with E-state index in [9.17, 15) is 14.0 Å². The lowest BCUT2D eigenvalue weighted by atomic mass is 10.1. The molecule has 28 heavy (non-hydrogen) atoms. The molecule has 1 aromatic heterocycles. The fourth-order valence-corrected chi connectivity index (χ4v) is 2.99. The van der Waals surface area contributed by atoms with Gasteiger partial charge in [0.25, 0.3) is 5.91 Å². The first kappa shape index (κ1) is 21.4. The lowest BCUT2D eigenvalue weighted by molar-refractivity contribution is -0.133. The van der Waals surface area contributed by atoms with E-state index >= 15 is 0 Å². The first-order valence-electron chi connectivity index (χ1n) is 9.35. The summed E-state index contributed by atoms with van der Waals surface area (Å²) in [5.74, 6) is -0.741. The number of carbonyl (C=O) groups is 2. The number of nitrogens with zero attached hydrogens (tertiary/aromatic N) is 3. The maximum Gasteiger partial charge on any atom is 0.254 e. The third-order valence-corrected chi connectivity index (χ3v) is 4.38. The lowest BCUT2D eigenvalue weighted by Crippen LogP contribution is -2.44. The van der Waals surface area contributed by atoms with E-state index in [0.717, 1.165) is 5.69 Å². The Morgan fingerprint density at radius 2 is 1.96 bits per heavy atom. The molecule has 0 unspecified atom stereocenters. The van der Waals surface area contributed by atoms with Crippen LogP contribution in [0.25, 0.3) is 0 Å². The number of benzene rings is 1. The number of hydrogen-bond acceptors (Lipinski definition) is 2. The summed E-state index contributed by atoms with van der Waals surface area (Å²) in [7, 11) is 1.94. The molecule has 0 bridgehead atoms. The van der Waals surface area contributed by atoms with E-state index in [1.54, 1.807) is 17.0 Å². The second-order valence-corrected chi connectivity index (χ2v) is 7.26. The molecule has 0 atom stereocenters. The molecule has 6 heteroatoms. The molecule has 1 aromatic carbocycles. The first-order chi connectivity index (χ1) is 13.3. The van der Waals surface area contributed by atoms with Gasteiger partial charge in [0, 0.05) is 37.6 Å². The second kappa shape index (κ2) is 9.88. The van der Waals surface area contributed by atoms with Gasteiger partial charge in [0.2, 0.25) is 5.91 Å². The maximum absolute atomic E-state index is 13.5. The third-order valence-electron chi connectivity index (χ3n) is 4.38. The van der Waals surface area contributed by atoms with Crippen molar-refractivity contribution in [3.05, 3.63) is 72.3 Å². The molecule has 2 amide bonds. The van der Waals surface area contributed by atoms with Crippen molar-refractivity contribution in [1.82, 2.24) is 14.4 Å². The highest BCUT2D eigenvalue weighted by Crippen LogP contribution is 2.12. The molecule has 0 radical (unpaired) electrons. The van der Waals surface area contributed by atoms with Crippen LogP contribution in [0.1, 0.15) is 29.9 Å². The second-order valence-electron chi connectivity index (χ2n) is 7.26. The Balaban J connectivity index is 2.17. The van der Waals surface area contributed by atoms with Crippen LogP contribution < -0.4 is 0 Å². The van der Waals surface area contributed by atoms with Crippen molar-refractivity contribution in [3.8, 4) is 0 Å². The van der Waals surface area contributed by atoms with Crippen molar-refractivity contribution in [3.63, 3.8) is 0 Å². The average Bonchev–Trinajstić information content (AvgIpc) is 3.04. The molecule has 0 fully saturated rings. The molecular weight excluding hydrogens is 357 g/mol. The maximum atomic E-state index is 13.5. The zero-order chi connectivity index (χ0) is 20.7. The van der Waals surface area contributed by atoms with Crippen molar-refractivity contribution < 1.29 is 14.0 Å². The van der Waals surface area contributed by atoms with E-state index in [1.807, 2.05) is 43.8 Å². The highest BCUT2D eigenvalue weighted by molar-refractivity contribution is 5.96. The Hall–Kier alpha value is -2.89. The number of hydrogen-bond donors (Lipinski definition) is 0. The van der Waals surface area contributed by atoms with Gasteiger partial charge in [-0.05, 0) is 36.2 Å². The summed E-state index contributed by atoms with van der Waals surface area (Å²) in [6.07, 6.45) is 3.50. The van der Waals surface area contributed by atoms with E-state index < -0.39 is 11.7 Å². The molecule has 0 aliphatic rings. The Morgan fingerprint density at radius 1 is 1.21 bits per heavy atom. The summed E-state index contributed by atoms with van der Waals surface area (Å²) in [6.45, 7) is 8.94. The summed E-state index contributed by atoms with van der Waals surface area (Å²) in [5.41, 5.74) is 1.23. The van der Waals surface area contributed by atoms with Gasteiger partial charge in [-0.3, -0.25) is 9.59 Å². The van der Waals surface area contributed by atoms with Gasteiger partial charge in [-0.25, -0.2) is 4.39 Å². The molecular formula is C22H28FN3O2. The highest BCUT2D eigenvalue weighted by atomic mass is 19.1. The van der Waals surface area contributed by atoms with Gasteiger partial charge in [-0.1, -0.05) is 26.0 Å².